The molecule has 0 unspecified atom stereocenters. The summed E-state index contributed by atoms with van der Waals surface area (Å²) in [6.45, 7) is 2.28. The lowest BCUT2D eigenvalue weighted by Crippen LogP contribution is -2.42. The smallest absolute Gasteiger partial charge is 0.259 e. The second-order valence-corrected chi connectivity index (χ2v) is 10.8. The molecule has 5 heterocycles. The van der Waals surface area contributed by atoms with Gasteiger partial charge >= 0.3 is 0 Å². The maximum atomic E-state index is 13.5. The first kappa shape index (κ1) is 24.3. The number of carbonyl (C=O) groups excluding carboxylic acids is 2. The minimum absolute atomic E-state index is 0.0489. The van der Waals surface area contributed by atoms with Gasteiger partial charge in [0.25, 0.3) is 11.5 Å². The van der Waals surface area contributed by atoms with Crippen LogP contribution in [0.4, 0.5) is 5.69 Å². The van der Waals surface area contributed by atoms with Crippen molar-refractivity contribution >= 4 is 57.3 Å². The Labute approximate surface area is 226 Å². The minimum atomic E-state index is -0.836. The lowest BCUT2D eigenvalue weighted by atomic mass is 10.1. The zero-order valence-electron chi connectivity index (χ0n) is 20.3. The van der Waals surface area contributed by atoms with E-state index in [0.29, 0.717) is 40.3 Å². The number of pyridine rings is 1. The number of carbonyl (C=O) groups is 2. The molecule has 0 saturated carbocycles. The second-order valence-electron chi connectivity index (χ2n) is 8.85. The van der Waals surface area contributed by atoms with Crippen molar-refractivity contribution in [2.24, 2.45) is 9.98 Å². The number of para-hydroxylation sites is 1. The van der Waals surface area contributed by atoms with Crippen LogP contribution in [0.2, 0.25) is 0 Å². The number of hydrogen-bond acceptors (Lipinski definition) is 8. The number of aryl methyl sites for hydroxylation is 1. The third-order valence-corrected chi connectivity index (χ3v) is 8.10. The predicted octanol–water partition coefficient (Wildman–Crippen LogP) is 3.66. The van der Waals surface area contributed by atoms with Crippen LogP contribution in [0.15, 0.2) is 80.8 Å². The standard InChI is InChI=1S/C27H22N6O3S2/c1-16-6-4-10-22-29-17(12-24(35)32(16)22)15-38-27-31-20-9-3-2-8-19(20)25-30-21(26(36)33(25)27)13-23(34)28-14-18-7-5-11-37-18/h2-12,21H,13-15H2,1H3,(H,28,34)/t21-/m1/s1. The van der Waals surface area contributed by atoms with E-state index in [-0.39, 0.29) is 23.8 Å². The zero-order valence-corrected chi connectivity index (χ0v) is 22.0. The molecule has 2 amide bonds. The molecule has 2 aliphatic rings. The van der Waals surface area contributed by atoms with E-state index in [2.05, 4.69) is 15.3 Å². The zero-order chi connectivity index (χ0) is 26.2. The van der Waals surface area contributed by atoms with E-state index in [1.807, 2.05) is 60.8 Å². The van der Waals surface area contributed by atoms with Crippen molar-refractivity contribution in [2.45, 2.75) is 31.7 Å². The van der Waals surface area contributed by atoms with E-state index >= 15 is 0 Å². The molecule has 0 aliphatic carbocycles. The van der Waals surface area contributed by atoms with Crippen LogP contribution in [-0.4, -0.2) is 43.1 Å². The first-order valence-corrected chi connectivity index (χ1v) is 13.8. The van der Waals surface area contributed by atoms with Crippen molar-refractivity contribution in [2.75, 3.05) is 0 Å². The number of rotatable bonds is 6. The maximum Gasteiger partial charge on any atom is 0.259 e. The summed E-state index contributed by atoms with van der Waals surface area (Å²) in [5.74, 6) is 0.288. The van der Waals surface area contributed by atoms with Crippen LogP contribution < -0.4 is 10.9 Å². The number of amidine groups is 2. The largest absolute Gasteiger partial charge is 0.351 e. The number of nitrogens with one attached hydrogen (secondary N) is 1. The molecule has 11 heteroatoms. The molecule has 0 fully saturated rings. The summed E-state index contributed by atoms with van der Waals surface area (Å²) in [5, 5.41) is 5.27. The Morgan fingerprint density at radius 3 is 2.82 bits per heavy atom. The summed E-state index contributed by atoms with van der Waals surface area (Å²) >= 11 is 2.87. The average molecular weight is 543 g/mol. The van der Waals surface area contributed by atoms with E-state index < -0.39 is 6.04 Å². The molecule has 38 heavy (non-hydrogen) atoms. The van der Waals surface area contributed by atoms with Crippen molar-refractivity contribution in [3.63, 3.8) is 0 Å². The van der Waals surface area contributed by atoms with Gasteiger partial charge in [0.1, 0.15) is 17.5 Å². The number of aromatic nitrogens is 2. The summed E-state index contributed by atoms with van der Waals surface area (Å²) in [4.78, 5) is 55.4. The molecule has 1 N–H and O–H groups in total. The molecule has 0 bridgehead atoms. The molecule has 4 aromatic rings. The van der Waals surface area contributed by atoms with E-state index in [0.717, 1.165) is 16.1 Å². The highest BCUT2D eigenvalue weighted by molar-refractivity contribution is 8.13. The van der Waals surface area contributed by atoms with Crippen LogP contribution in [0.1, 0.15) is 28.2 Å². The second kappa shape index (κ2) is 9.99. The number of fused-ring (bicyclic) bond motifs is 4. The van der Waals surface area contributed by atoms with Gasteiger partial charge in [0.2, 0.25) is 5.91 Å². The monoisotopic (exact) mass is 542 g/mol. The molecule has 6 rings (SSSR count). The lowest BCUT2D eigenvalue weighted by molar-refractivity contribution is -0.128. The third-order valence-electron chi connectivity index (χ3n) is 6.25. The Balaban J connectivity index is 1.24. The average Bonchev–Trinajstić information content (AvgIpc) is 3.54. The van der Waals surface area contributed by atoms with Crippen LogP contribution in [0.5, 0.6) is 0 Å². The summed E-state index contributed by atoms with van der Waals surface area (Å²) in [5.41, 5.74) is 3.24. The Bertz CT molecular complexity index is 1690. The van der Waals surface area contributed by atoms with Crippen LogP contribution in [0.3, 0.4) is 0 Å². The minimum Gasteiger partial charge on any atom is -0.351 e. The van der Waals surface area contributed by atoms with Gasteiger partial charge in [-0.2, -0.15) is 0 Å². The van der Waals surface area contributed by atoms with Crippen molar-refractivity contribution < 1.29 is 9.59 Å². The van der Waals surface area contributed by atoms with Crippen LogP contribution in [0, 0.1) is 6.92 Å². The Kier molecular flexibility index (Phi) is 6.38. The summed E-state index contributed by atoms with van der Waals surface area (Å²) in [6.07, 6.45) is -0.0489. The normalized spacial score (nSPS) is 16.2. The lowest BCUT2D eigenvalue weighted by Gasteiger charge is -2.25. The number of thiophene rings is 1. The van der Waals surface area contributed by atoms with Gasteiger partial charge in [-0.3, -0.25) is 23.8 Å². The number of thioether (sulfide) groups is 1. The van der Waals surface area contributed by atoms with Crippen molar-refractivity contribution in [1.29, 1.82) is 0 Å². The Hall–Kier alpha value is -4.09. The molecule has 9 nitrogen and oxygen atoms in total. The summed E-state index contributed by atoms with van der Waals surface area (Å²) in [7, 11) is 0. The first-order valence-electron chi connectivity index (χ1n) is 12.0. The molecule has 2 aliphatic heterocycles. The number of nitrogens with zero attached hydrogens (tertiary/aromatic N) is 5. The fraction of sp³-hybridized carbons (Fsp3) is 0.185. The van der Waals surface area contributed by atoms with Crippen LogP contribution >= 0.6 is 23.1 Å². The fourth-order valence-corrected chi connectivity index (χ4v) is 5.99. The molecule has 0 radical (unpaired) electrons. The van der Waals surface area contributed by atoms with Gasteiger partial charge in [-0.1, -0.05) is 36.0 Å². The van der Waals surface area contributed by atoms with Gasteiger partial charge in [-0.25, -0.2) is 14.9 Å². The van der Waals surface area contributed by atoms with Crippen molar-refractivity contribution in [3.8, 4) is 0 Å². The van der Waals surface area contributed by atoms with Gasteiger partial charge in [0, 0.05) is 28.0 Å². The SMILES string of the molecule is Cc1cccc2nc(CSC3=Nc4ccccc4C4=N[C@H](CC(=O)NCc5cccs5)C(=O)N34)cc(=O)n12. The molecule has 190 valence electrons. The van der Waals surface area contributed by atoms with Gasteiger partial charge in [0.15, 0.2) is 5.17 Å². The fourth-order valence-electron chi connectivity index (χ4n) is 4.45. The maximum absolute atomic E-state index is 13.5. The van der Waals surface area contributed by atoms with Crippen LogP contribution in [0.25, 0.3) is 5.65 Å². The highest BCUT2D eigenvalue weighted by atomic mass is 32.2. The highest BCUT2D eigenvalue weighted by Gasteiger charge is 2.42. The van der Waals surface area contributed by atoms with E-state index in [9.17, 15) is 14.4 Å². The van der Waals surface area contributed by atoms with E-state index in [1.54, 1.807) is 21.8 Å². The number of aliphatic imine (C=N–C) groups is 2. The molecule has 0 saturated heterocycles. The Morgan fingerprint density at radius 2 is 1.97 bits per heavy atom. The topological polar surface area (TPSA) is 108 Å². The van der Waals surface area contributed by atoms with Gasteiger partial charge in [-0.15, -0.1) is 11.3 Å². The molecule has 0 spiro atoms. The first-order chi connectivity index (χ1) is 18.5. The van der Waals surface area contributed by atoms with Crippen molar-refractivity contribution in [3.05, 3.63) is 98.2 Å². The summed E-state index contributed by atoms with van der Waals surface area (Å²) in [6, 6.07) is 17.5. The third kappa shape index (κ3) is 4.54. The molecular formula is C27H22N6O3S2. The molecule has 3 aromatic heterocycles. The predicted molar refractivity (Wildman–Crippen MR) is 149 cm³/mol. The quantitative estimate of drug-likeness (QED) is 0.400. The van der Waals surface area contributed by atoms with Gasteiger partial charge in [-0.05, 0) is 42.6 Å². The van der Waals surface area contributed by atoms with Gasteiger partial charge in [0.05, 0.1) is 24.3 Å². The highest BCUT2D eigenvalue weighted by Crippen LogP contribution is 2.34. The molecule has 1 aromatic carbocycles. The van der Waals surface area contributed by atoms with Crippen molar-refractivity contribution in [1.82, 2.24) is 19.6 Å². The number of benzene rings is 1. The van der Waals surface area contributed by atoms with Gasteiger partial charge < -0.3 is 5.32 Å². The van der Waals surface area contributed by atoms with Crippen LogP contribution in [-0.2, 0) is 21.9 Å². The van der Waals surface area contributed by atoms with E-state index in [1.165, 1.54) is 22.7 Å². The summed E-state index contributed by atoms with van der Waals surface area (Å²) < 4.78 is 1.56. The van der Waals surface area contributed by atoms with E-state index in [4.69, 9.17) is 4.99 Å². The number of amides is 2. The Morgan fingerprint density at radius 1 is 1.11 bits per heavy atom. The molecule has 1 atom stereocenters. The molecular weight excluding hydrogens is 520 g/mol. The number of hydrogen-bond donors (Lipinski definition) is 1.